The Labute approximate surface area is 159 Å². The second kappa shape index (κ2) is 10.5. The largest absolute Gasteiger partial charge is 0.356 e. The second-order valence-electron chi connectivity index (χ2n) is 5.79. The van der Waals surface area contributed by atoms with Gasteiger partial charge in [0.05, 0.1) is 11.0 Å². The molecule has 2 rings (SSSR count). The number of nitrogens with zero attached hydrogens (tertiary/aromatic N) is 3. The zero-order valence-corrected chi connectivity index (χ0v) is 17.2. The highest BCUT2D eigenvalue weighted by molar-refractivity contribution is 7.11. The lowest BCUT2D eigenvalue weighted by molar-refractivity contribution is 0.219. The molecular formula is C18H29N5S2. The van der Waals surface area contributed by atoms with Crippen LogP contribution in [0.1, 0.15) is 35.3 Å². The predicted octanol–water partition coefficient (Wildman–Crippen LogP) is 3.30. The third-order valence-corrected chi connectivity index (χ3v) is 5.84. The van der Waals surface area contributed by atoms with E-state index in [-0.39, 0.29) is 0 Å². The summed E-state index contributed by atoms with van der Waals surface area (Å²) in [5, 5.41) is 12.4. The van der Waals surface area contributed by atoms with Crippen molar-refractivity contribution in [3.63, 3.8) is 0 Å². The normalized spacial score (nSPS) is 13.2. The van der Waals surface area contributed by atoms with E-state index in [4.69, 9.17) is 0 Å². The fourth-order valence-electron chi connectivity index (χ4n) is 2.81. The van der Waals surface area contributed by atoms with Crippen molar-refractivity contribution in [3.8, 4) is 0 Å². The van der Waals surface area contributed by atoms with Gasteiger partial charge in [-0.1, -0.05) is 13.8 Å². The van der Waals surface area contributed by atoms with Crippen molar-refractivity contribution < 1.29 is 0 Å². The van der Waals surface area contributed by atoms with Crippen LogP contribution in [0.2, 0.25) is 0 Å². The summed E-state index contributed by atoms with van der Waals surface area (Å²) in [6, 6.07) is 2.58. The van der Waals surface area contributed by atoms with E-state index in [0.717, 1.165) is 38.6 Å². The summed E-state index contributed by atoms with van der Waals surface area (Å²) in [6.45, 7) is 10.3. The van der Waals surface area contributed by atoms with Crippen molar-refractivity contribution >= 4 is 28.6 Å². The maximum Gasteiger partial charge on any atom is 0.191 e. The van der Waals surface area contributed by atoms with Crippen LogP contribution < -0.4 is 10.6 Å². The molecule has 0 bridgehead atoms. The second-order valence-corrected chi connectivity index (χ2v) is 7.89. The van der Waals surface area contributed by atoms with Gasteiger partial charge >= 0.3 is 0 Å². The van der Waals surface area contributed by atoms with Crippen molar-refractivity contribution in [2.75, 3.05) is 33.2 Å². The average molecular weight is 380 g/mol. The van der Waals surface area contributed by atoms with Gasteiger partial charge in [0.2, 0.25) is 0 Å². The van der Waals surface area contributed by atoms with Crippen LogP contribution in [0.4, 0.5) is 0 Å². The van der Waals surface area contributed by atoms with E-state index >= 15 is 0 Å². The van der Waals surface area contributed by atoms with E-state index in [1.54, 1.807) is 22.7 Å². The standard InChI is InChI=1S/C18H29N5S2/c1-5-23(6-2)16(15-8-10-24-13-15)12-22-18(19-4)20-9-7-17-21-11-14(3)25-17/h8,10-11,13,16H,5-7,9,12H2,1-4H3,(H2,19,20,22). The van der Waals surface area contributed by atoms with Crippen molar-refractivity contribution in [1.29, 1.82) is 0 Å². The van der Waals surface area contributed by atoms with Gasteiger partial charge < -0.3 is 10.6 Å². The smallest absolute Gasteiger partial charge is 0.191 e. The van der Waals surface area contributed by atoms with Crippen molar-refractivity contribution in [3.05, 3.63) is 38.5 Å². The Bertz CT molecular complexity index is 632. The number of hydrogen-bond acceptors (Lipinski definition) is 5. The number of nitrogens with one attached hydrogen (secondary N) is 2. The number of guanidine groups is 1. The predicted molar refractivity (Wildman–Crippen MR) is 110 cm³/mol. The van der Waals surface area contributed by atoms with E-state index in [1.165, 1.54) is 15.4 Å². The van der Waals surface area contributed by atoms with Gasteiger partial charge in [-0.25, -0.2) is 4.98 Å². The molecule has 2 N–H and O–H groups in total. The first-order valence-electron chi connectivity index (χ1n) is 8.79. The van der Waals surface area contributed by atoms with E-state index in [9.17, 15) is 0 Å². The van der Waals surface area contributed by atoms with Crippen molar-refractivity contribution in [2.24, 2.45) is 4.99 Å². The summed E-state index contributed by atoms with van der Waals surface area (Å²) in [5.74, 6) is 0.848. The van der Waals surface area contributed by atoms with E-state index in [1.807, 2.05) is 13.2 Å². The molecule has 0 aliphatic heterocycles. The highest BCUT2D eigenvalue weighted by Gasteiger charge is 2.18. The highest BCUT2D eigenvalue weighted by atomic mass is 32.1. The summed E-state index contributed by atoms with van der Waals surface area (Å²) in [6.07, 6.45) is 2.85. The molecule has 5 nitrogen and oxygen atoms in total. The number of thiophene rings is 1. The summed E-state index contributed by atoms with van der Waals surface area (Å²) < 4.78 is 0. The first-order chi connectivity index (χ1) is 12.2. The molecule has 2 heterocycles. The molecule has 0 amide bonds. The molecular weight excluding hydrogens is 350 g/mol. The molecule has 25 heavy (non-hydrogen) atoms. The Kier molecular flexibility index (Phi) is 8.37. The molecule has 0 aliphatic rings. The van der Waals surface area contributed by atoms with Gasteiger partial charge in [0, 0.05) is 37.6 Å². The van der Waals surface area contributed by atoms with Crippen LogP contribution >= 0.6 is 22.7 Å². The van der Waals surface area contributed by atoms with Gasteiger partial charge in [-0.05, 0) is 42.4 Å². The van der Waals surface area contributed by atoms with Crippen molar-refractivity contribution in [2.45, 2.75) is 33.2 Å². The van der Waals surface area contributed by atoms with Gasteiger partial charge in [0.25, 0.3) is 0 Å². The molecule has 2 aromatic rings. The molecule has 7 heteroatoms. The molecule has 0 saturated carbocycles. The number of aliphatic imine (C=N–C) groups is 1. The van der Waals surface area contributed by atoms with Gasteiger partial charge in [0.15, 0.2) is 5.96 Å². The fourth-order valence-corrected chi connectivity index (χ4v) is 4.30. The van der Waals surface area contributed by atoms with Crippen LogP contribution in [0.25, 0.3) is 0 Å². The molecule has 0 radical (unpaired) electrons. The molecule has 138 valence electrons. The topological polar surface area (TPSA) is 52.5 Å². The first-order valence-corrected chi connectivity index (χ1v) is 10.6. The Morgan fingerprint density at radius 1 is 1.32 bits per heavy atom. The number of aromatic nitrogens is 1. The average Bonchev–Trinajstić information content (AvgIpc) is 3.28. The van der Waals surface area contributed by atoms with E-state index in [0.29, 0.717) is 6.04 Å². The minimum absolute atomic E-state index is 0.362. The van der Waals surface area contributed by atoms with Crippen LogP contribution in [-0.2, 0) is 6.42 Å². The first kappa shape index (κ1) is 19.9. The maximum atomic E-state index is 4.40. The van der Waals surface area contributed by atoms with Gasteiger partial charge in [-0.15, -0.1) is 11.3 Å². The summed E-state index contributed by atoms with van der Waals surface area (Å²) in [7, 11) is 1.82. The number of hydrogen-bond donors (Lipinski definition) is 2. The lowest BCUT2D eigenvalue weighted by atomic mass is 10.1. The SMILES string of the molecule is CCN(CC)C(CNC(=NC)NCCc1ncc(C)s1)c1ccsc1. The molecule has 0 spiro atoms. The zero-order valence-electron chi connectivity index (χ0n) is 15.6. The Morgan fingerprint density at radius 2 is 2.12 bits per heavy atom. The number of thiazole rings is 1. The van der Waals surface area contributed by atoms with E-state index < -0.39 is 0 Å². The lowest BCUT2D eigenvalue weighted by Crippen LogP contribution is -2.43. The summed E-state index contributed by atoms with van der Waals surface area (Å²) in [5.41, 5.74) is 1.37. The quantitative estimate of drug-likeness (QED) is 0.518. The monoisotopic (exact) mass is 379 g/mol. The van der Waals surface area contributed by atoms with Gasteiger partial charge in [-0.2, -0.15) is 11.3 Å². The van der Waals surface area contributed by atoms with Crippen LogP contribution in [0.3, 0.4) is 0 Å². The molecule has 2 aromatic heterocycles. The third kappa shape index (κ3) is 6.09. The molecule has 0 aromatic carbocycles. The Hall–Kier alpha value is -1.44. The highest BCUT2D eigenvalue weighted by Crippen LogP contribution is 2.22. The minimum Gasteiger partial charge on any atom is -0.356 e. The van der Waals surface area contributed by atoms with Crippen LogP contribution in [-0.4, -0.2) is 49.1 Å². The van der Waals surface area contributed by atoms with Gasteiger partial charge in [0.1, 0.15) is 0 Å². The minimum atomic E-state index is 0.362. The summed E-state index contributed by atoms with van der Waals surface area (Å²) in [4.78, 5) is 12.5. The number of aryl methyl sites for hydroxylation is 1. The zero-order chi connectivity index (χ0) is 18.1. The molecule has 1 atom stereocenters. The van der Waals surface area contributed by atoms with E-state index in [2.05, 4.69) is 63.1 Å². The lowest BCUT2D eigenvalue weighted by Gasteiger charge is -2.30. The van der Waals surface area contributed by atoms with Crippen LogP contribution in [0.15, 0.2) is 28.0 Å². The summed E-state index contributed by atoms with van der Waals surface area (Å²) >= 11 is 3.51. The molecule has 1 unspecified atom stereocenters. The van der Waals surface area contributed by atoms with Gasteiger partial charge in [-0.3, -0.25) is 9.89 Å². The third-order valence-electron chi connectivity index (χ3n) is 4.17. The Balaban J connectivity index is 1.86. The Morgan fingerprint density at radius 3 is 2.68 bits per heavy atom. The van der Waals surface area contributed by atoms with Crippen molar-refractivity contribution in [1.82, 2.24) is 20.5 Å². The molecule has 0 aliphatic carbocycles. The maximum absolute atomic E-state index is 4.40. The number of rotatable bonds is 9. The fraction of sp³-hybridized carbons (Fsp3) is 0.556. The van der Waals surface area contributed by atoms with Crippen LogP contribution in [0, 0.1) is 6.92 Å². The number of likely N-dealkylation sites (N-methyl/N-ethyl adjacent to an activating group) is 1. The van der Waals surface area contributed by atoms with Crippen LogP contribution in [0.5, 0.6) is 0 Å². The molecule has 0 saturated heterocycles. The molecule has 0 fully saturated rings.